The Morgan fingerprint density at radius 2 is 1.67 bits per heavy atom. The van der Waals surface area contributed by atoms with E-state index in [0.29, 0.717) is 5.41 Å². The fraction of sp³-hybridized carbons (Fsp3) is 1.00. The van der Waals surface area contributed by atoms with Crippen molar-refractivity contribution in [2.45, 2.75) is 65.7 Å². The lowest BCUT2D eigenvalue weighted by atomic mass is 9.80. The highest BCUT2D eigenvalue weighted by molar-refractivity contribution is 9.09. The van der Waals surface area contributed by atoms with Crippen LogP contribution in [0.5, 0.6) is 0 Å². The van der Waals surface area contributed by atoms with Gasteiger partial charge in [0.2, 0.25) is 0 Å². The minimum absolute atomic E-state index is 0.521. The molecule has 0 aliphatic heterocycles. The molecule has 0 amide bonds. The molecular weight excluding hydrogens is 286 g/mol. The van der Waals surface area contributed by atoms with E-state index in [1.807, 2.05) is 0 Å². The van der Waals surface area contributed by atoms with E-state index in [1.165, 1.54) is 69.9 Å². The molecule has 1 saturated carbocycles. The summed E-state index contributed by atoms with van der Waals surface area (Å²) >= 11 is 3.81. The van der Waals surface area contributed by atoms with Gasteiger partial charge in [0.15, 0.2) is 0 Å². The molecule has 0 spiro atoms. The quantitative estimate of drug-likeness (QED) is 0.480. The molecule has 108 valence electrons. The van der Waals surface area contributed by atoms with Crippen LogP contribution in [-0.2, 0) is 0 Å². The van der Waals surface area contributed by atoms with Gasteiger partial charge in [-0.2, -0.15) is 0 Å². The highest BCUT2D eigenvalue weighted by Crippen LogP contribution is 2.35. The maximum atomic E-state index is 3.81. The first-order valence-corrected chi connectivity index (χ1v) is 9.10. The lowest BCUT2D eigenvalue weighted by Crippen LogP contribution is -2.40. The van der Waals surface area contributed by atoms with Gasteiger partial charge >= 0.3 is 0 Å². The Bertz CT molecular complexity index is 207. The molecule has 1 nitrogen and oxygen atoms in total. The lowest BCUT2D eigenvalue weighted by Gasteiger charge is -2.37. The zero-order valence-electron chi connectivity index (χ0n) is 12.7. The Hall–Kier alpha value is 0.440. The number of alkyl halides is 1. The summed E-state index contributed by atoms with van der Waals surface area (Å²) in [6, 6.07) is 0. The van der Waals surface area contributed by atoms with Crippen molar-refractivity contribution < 1.29 is 0 Å². The average molecular weight is 318 g/mol. The SMILES string of the molecule is CCCN(CC1CC1)CC(CBr)(CCC)CCC. The average Bonchev–Trinajstić information content (AvgIpc) is 3.14. The van der Waals surface area contributed by atoms with E-state index >= 15 is 0 Å². The summed E-state index contributed by atoms with van der Waals surface area (Å²) in [5.41, 5.74) is 0.521. The molecule has 0 aromatic rings. The summed E-state index contributed by atoms with van der Waals surface area (Å²) < 4.78 is 0. The van der Waals surface area contributed by atoms with Crippen molar-refractivity contribution in [3.63, 3.8) is 0 Å². The maximum absolute atomic E-state index is 3.81. The second-order valence-electron chi connectivity index (χ2n) is 6.31. The second kappa shape index (κ2) is 8.58. The van der Waals surface area contributed by atoms with Crippen LogP contribution in [0.25, 0.3) is 0 Å². The van der Waals surface area contributed by atoms with Crippen LogP contribution in [0.2, 0.25) is 0 Å². The summed E-state index contributed by atoms with van der Waals surface area (Å²) in [7, 11) is 0. The van der Waals surface area contributed by atoms with Gasteiger partial charge in [-0.15, -0.1) is 0 Å². The Kier molecular flexibility index (Phi) is 7.86. The van der Waals surface area contributed by atoms with E-state index in [2.05, 4.69) is 41.6 Å². The summed E-state index contributed by atoms with van der Waals surface area (Å²) in [5.74, 6) is 1.02. The first kappa shape index (κ1) is 16.5. The zero-order valence-corrected chi connectivity index (χ0v) is 14.3. The van der Waals surface area contributed by atoms with Crippen LogP contribution >= 0.6 is 15.9 Å². The van der Waals surface area contributed by atoms with Crippen molar-refractivity contribution in [2.24, 2.45) is 11.3 Å². The van der Waals surface area contributed by atoms with E-state index in [9.17, 15) is 0 Å². The van der Waals surface area contributed by atoms with Gasteiger partial charge in [-0.25, -0.2) is 0 Å². The molecule has 2 heteroatoms. The molecule has 1 fully saturated rings. The molecule has 0 N–H and O–H groups in total. The highest BCUT2D eigenvalue weighted by Gasteiger charge is 2.32. The van der Waals surface area contributed by atoms with Gasteiger partial charge in [0.1, 0.15) is 0 Å². The van der Waals surface area contributed by atoms with Gasteiger partial charge in [0.25, 0.3) is 0 Å². The van der Waals surface area contributed by atoms with Crippen LogP contribution in [-0.4, -0.2) is 29.9 Å². The first-order valence-electron chi connectivity index (χ1n) is 7.98. The summed E-state index contributed by atoms with van der Waals surface area (Å²) in [4.78, 5) is 2.75. The second-order valence-corrected chi connectivity index (χ2v) is 6.87. The van der Waals surface area contributed by atoms with Crippen LogP contribution in [0.1, 0.15) is 65.7 Å². The van der Waals surface area contributed by atoms with Crippen molar-refractivity contribution in [1.82, 2.24) is 4.90 Å². The number of halogens is 1. The Balaban J connectivity index is 2.57. The molecule has 0 atom stereocenters. The summed E-state index contributed by atoms with van der Waals surface area (Å²) in [6.07, 6.45) is 9.62. The van der Waals surface area contributed by atoms with Crippen LogP contribution in [0.3, 0.4) is 0 Å². The molecule has 1 aliphatic carbocycles. The van der Waals surface area contributed by atoms with Crippen molar-refractivity contribution in [3.05, 3.63) is 0 Å². The van der Waals surface area contributed by atoms with Gasteiger partial charge in [-0.05, 0) is 50.0 Å². The number of hydrogen-bond donors (Lipinski definition) is 0. The van der Waals surface area contributed by atoms with E-state index < -0.39 is 0 Å². The lowest BCUT2D eigenvalue weighted by molar-refractivity contribution is 0.142. The first-order chi connectivity index (χ1) is 8.69. The van der Waals surface area contributed by atoms with E-state index in [4.69, 9.17) is 0 Å². The third kappa shape index (κ3) is 5.61. The third-order valence-corrected chi connectivity index (χ3v) is 5.35. The predicted molar refractivity (Wildman–Crippen MR) is 85.5 cm³/mol. The number of hydrogen-bond acceptors (Lipinski definition) is 1. The molecule has 0 unspecified atom stereocenters. The molecule has 0 heterocycles. The predicted octanol–water partition coefficient (Wildman–Crippen LogP) is 5.09. The van der Waals surface area contributed by atoms with Gasteiger partial charge in [-0.1, -0.05) is 49.5 Å². The fourth-order valence-corrected chi connectivity index (χ4v) is 3.95. The van der Waals surface area contributed by atoms with Crippen LogP contribution in [0.4, 0.5) is 0 Å². The minimum Gasteiger partial charge on any atom is -0.302 e. The standard InChI is InChI=1S/C16H32BrN/c1-4-9-16(13-17,10-5-2)14-18(11-6-3)12-15-7-8-15/h15H,4-14H2,1-3H3. The van der Waals surface area contributed by atoms with Gasteiger partial charge in [0, 0.05) is 18.4 Å². The van der Waals surface area contributed by atoms with Crippen LogP contribution in [0, 0.1) is 11.3 Å². The number of nitrogens with zero attached hydrogens (tertiary/aromatic N) is 1. The molecule has 1 rings (SSSR count). The molecule has 0 aromatic carbocycles. The Morgan fingerprint density at radius 3 is 2.06 bits per heavy atom. The number of rotatable bonds is 11. The van der Waals surface area contributed by atoms with Crippen LogP contribution in [0.15, 0.2) is 0 Å². The summed E-state index contributed by atoms with van der Waals surface area (Å²) in [5, 5.41) is 1.17. The molecule has 1 aliphatic rings. The minimum atomic E-state index is 0.521. The van der Waals surface area contributed by atoms with Gasteiger partial charge in [0.05, 0.1) is 0 Å². The molecule has 0 radical (unpaired) electrons. The Morgan fingerprint density at radius 1 is 1.06 bits per heavy atom. The zero-order chi connectivity index (χ0) is 13.4. The van der Waals surface area contributed by atoms with E-state index in [1.54, 1.807) is 0 Å². The monoisotopic (exact) mass is 317 g/mol. The molecule has 0 aromatic heterocycles. The fourth-order valence-electron chi connectivity index (χ4n) is 3.21. The molecule has 18 heavy (non-hydrogen) atoms. The van der Waals surface area contributed by atoms with Gasteiger partial charge in [-0.3, -0.25) is 0 Å². The largest absolute Gasteiger partial charge is 0.302 e. The van der Waals surface area contributed by atoms with Crippen molar-refractivity contribution >= 4 is 15.9 Å². The van der Waals surface area contributed by atoms with Crippen LogP contribution < -0.4 is 0 Å². The van der Waals surface area contributed by atoms with Gasteiger partial charge < -0.3 is 4.90 Å². The normalized spacial score (nSPS) is 16.5. The smallest absolute Gasteiger partial charge is 0.0100 e. The highest BCUT2D eigenvalue weighted by atomic mass is 79.9. The van der Waals surface area contributed by atoms with Crippen molar-refractivity contribution in [1.29, 1.82) is 0 Å². The van der Waals surface area contributed by atoms with Crippen molar-refractivity contribution in [2.75, 3.05) is 25.0 Å². The molecular formula is C16H32BrN. The maximum Gasteiger partial charge on any atom is 0.0100 e. The van der Waals surface area contributed by atoms with E-state index in [0.717, 1.165) is 5.92 Å². The third-order valence-electron chi connectivity index (χ3n) is 4.16. The van der Waals surface area contributed by atoms with Crippen molar-refractivity contribution in [3.8, 4) is 0 Å². The Labute approximate surface area is 123 Å². The van der Waals surface area contributed by atoms with E-state index in [-0.39, 0.29) is 0 Å². The molecule has 0 saturated heterocycles. The topological polar surface area (TPSA) is 3.24 Å². The summed E-state index contributed by atoms with van der Waals surface area (Å²) in [6.45, 7) is 10.9. The molecule has 0 bridgehead atoms.